The van der Waals surface area contributed by atoms with Crippen LogP contribution in [0.3, 0.4) is 0 Å². The molecule has 2 atom stereocenters. The molecule has 2 aromatic heterocycles. The summed E-state index contributed by atoms with van der Waals surface area (Å²) in [6.45, 7) is 6.91. The van der Waals surface area contributed by atoms with Crippen molar-refractivity contribution in [2.45, 2.75) is 45.1 Å². The predicted molar refractivity (Wildman–Crippen MR) is 79.9 cm³/mol. The molecule has 7 heteroatoms. The molecular formula is C14H19N5OS. The first-order chi connectivity index (χ1) is 9.95. The number of H-pyrrole nitrogens is 1. The summed E-state index contributed by atoms with van der Waals surface area (Å²) < 4.78 is 0. The predicted octanol–water partition coefficient (Wildman–Crippen LogP) is 1.98. The highest BCUT2D eigenvalue weighted by molar-refractivity contribution is 7.09. The molecule has 6 nitrogen and oxygen atoms in total. The lowest BCUT2D eigenvalue weighted by Crippen LogP contribution is -2.25. The fourth-order valence-electron chi connectivity index (χ4n) is 2.21. The maximum absolute atomic E-state index is 12.1. The van der Waals surface area contributed by atoms with E-state index in [0.29, 0.717) is 6.54 Å². The third-order valence-corrected chi connectivity index (χ3v) is 4.49. The fraction of sp³-hybridized carbons (Fsp3) is 0.571. The molecule has 0 aliphatic heterocycles. The summed E-state index contributed by atoms with van der Waals surface area (Å²) in [5, 5.41) is 12.6. The first-order valence-corrected chi connectivity index (χ1v) is 7.91. The SMILES string of the molecule is CC(C)(C)c1csc(CNC(=O)[C@H]2C[C@H]2c2ncn[nH]2)n1. The number of carbonyl (C=O) groups excluding carboxylic acids is 1. The van der Waals surface area contributed by atoms with E-state index in [1.54, 1.807) is 11.3 Å². The minimum absolute atomic E-state index is 0.0139. The van der Waals surface area contributed by atoms with Crippen LogP contribution in [0, 0.1) is 5.92 Å². The summed E-state index contributed by atoms with van der Waals surface area (Å²) in [5.74, 6) is 1.08. The number of rotatable bonds is 4. The van der Waals surface area contributed by atoms with Crippen LogP contribution in [0.2, 0.25) is 0 Å². The molecule has 0 unspecified atom stereocenters. The molecule has 0 saturated heterocycles. The van der Waals surface area contributed by atoms with Crippen molar-refractivity contribution in [2.75, 3.05) is 0 Å². The number of nitrogens with zero attached hydrogens (tertiary/aromatic N) is 3. The molecule has 1 saturated carbocycles. The molecule has 2 heterocycles. The zero-order chi connectivity index (χ0) is 15.0. The van der Waals surface area contributed by atoms with E-state index in [1.165, 1.54) is 6.33 Å². The smallest absolute Gasteiger partial charge is 0.224 e. The van der Waals surface area contributed by atoms with E-state index in [4.69, 9.17) is 0 Å². The first-order valence-electron chi connectivity index (χ1n) is 7.03. The lowest BCUT2D eigenvalue weighted by molar-refractivity contribution is -0.122. The van der Waals surface area contributed by atoms with Gasteiger partial charge >= 0.3 is 0 Å². The van der Waals surface area contributed by atoms with E-state index in [9.17, 15) is 4.79 Å². The van der Waals surface area contributed by atoms with Crippen LogP contribution in [0.5, 0.6) is 0 Å². The van der Waals surface area contributed by atoms with Crippen molar-refractivity contribution in [3.05, 3.63) is 28.2 Å². The molecule has 1 amide bonds. The Morgan fingerprint density at radius 2 is 2.33 bits per heavy atom. The number of thiazole rings is 1. The molecule has 0 aromatic carbocycles. The minimum atomic E-state index is 0.0139. The van der Waals surface area contributed by atoms with E-state index in [0.717, 1.165) is 22.9 Å². The number of aromatic amines is 1. The maximum Gasteiger partial charge on any atom is 0.224 e. The van der Waals surface area contributed by atoms with Gasteiger partial charge in [-0.1, -0.05) is 20.8 Å². The summed E-state index contributed by atoms with van der Waals surface area (Å²) in [7, 11) is 0. The van der Waals surface area contributed by atoms with E-state index >= 15 is 0 Å². The number of carbonyl (C=O) groups is 1. The highest BCUT2D eigenvalue weighted by atomic mass is 32.1. The molecule has 1 fully saturated rings. The Hall–Kier alpha value is -1.76. The first kappa shape index (κ1) is 14.2. The van der Waals surface area contributed by atoms with Crippen LogP contribution in [-0.4, -0.2) is 26.1 Å². The van der Waals surface area contributed by atoms with Crippen molar-refractivity contribution in [2.24, 2.45) is 5.92 Å². The lowest BCUT2D eigenvalue weighted by Gasteiger charge is -2.14. The van der Waals surface area contributed by atoms with Gasteiger partial charge in [-0.2, -0.15) is 5.10 Å². The Kier molecular flexibility index (Phi) is 3.52. The lowest BCUT2D eigenvalue weighted by atomic mass is 9.93. The summed E-state index contributed by atoms with van der Waals surface area (Å²) in [6, 6.07) is 0. The van der Waals surface area contributed by atoms with Gasteiger partial charge in [0.25, 0.3) is 0 Å². The van der Waals surface area contributed by atoms with Gasteiger partial charge in [-0.25, -0.2) is 9.97 Å². The molecule has 0 radical (unpaired) electrons. The van der Waals surface area contributed by atoms with E-state index < -0.39 is 0 Å². The maximum atomic E-state index is 12.1. The van der Waals surface area contributed by atoms with Crippen LogP contribution in [0.4, 0.5) is 0 Å². The minimum Gasteiger partial charge on any atom is -0.349 e. The molecule has 0 bridgehead atoms. The van der Waals surface area contributed by atoms with Crippen LogP contribution in [0.15, 0.2) is 11.7 Å². The molecule has 1 aliphatic rings. The van der Waals surface area contributed by atoms with Gasteiger partial charge < -0.3 is 5.32 Å². The molecule has 0 spiro atoms. The number of hydrogen-bond acceptors (Lipinski definition) is 5. The van der Waals surface area contributed by atoms with Crippen molar-refractivity contribution in [3.8, 4) is 0 Å². The molecular weight excluding hydrogens is 286 g/mol. The second-order valence-corrected chi connectivity index (χ2v) is 7.36. The average Bonchev–Trinajstić information content (AvgIpc) is 2.88. The number of hydrogen-bond donors (Lipinski definition) is 2. The number of nitrogens with one attached hydrogen (secondary N) is 2. The zero-order valence-electron chi connectivity index (χ0n) is 12.4. The van der Waals surface area contributed by atoms with Crippen molar-refractivity contribution in [1.29, 1.82) is 0 Å². The third kappa shape index (κ3) is 3.12. The Balaban J connectivity index is 1.52. The van der Waals surface area contributed by atoms with Crippen LogP contribution < -0.4 is 5.32 Å². The van der Waals surface area contributed by atoms with Gasteiger partial charge in [0, 0.05) is 22.6 Å². The second kappa shape index (κ2) is 5.22. The average molecular weight is 305 g/mol. The Morgan fingerprint density at radius 3 is 2.95 bits per heavy atom. The molecule has 112 valence electrons. The topological polar surface area (TPSA) is 83.6 Å². The van der Waals surface area contributed by atoms with Gasteiger partial charge in [0.2, 0.25) is 5.91 Å². The van der Waals surface area contributed by atoms with Crippen molar-refractivity contribution in [3.63, 3.8) is 0 Å². The highest BCUT2D eigenvalue weighted by Gasteiger charge is 2.45. The molecule has 2 aromatic rings. The van der Waals surface area contributed by atoms with Gasteiger partial charge in [0.05, 0.1) is 12.2 Å². The Labute approximate surface area is 127 Å². The van der Waals surface area contributed by atoms with E-state index in [-0.39, 0.29) is 23.2 Å². The third-order valence-electron chi connectivity index (χ3n) is 3.65. The normalized spacial score (nSPS) is 21.3. The standard InChI is InChI=1S/C14H19N5OS/c1-14(2,3)10-6-21-11(18-10)5-15-13(20)9-4-8(9)12-16-7-17-19-12/h6-9H,4-5H2,1-3H3,(H,15,20)(H,16,17,19)/t8-,9+/m1/s1. The van der Waals surface area contributed by atoms with Gasteiger partial charge in [-0.05, 0) is 6.42 Å². The molecule has 1 aliphatic carbocycles. The van der Waals surface area contributed by atoms with Crippen LogP contribution in [0.25, 0.3) is 0 Å². The summed E-state index contributed by atoms with van der Waals surface area (Å²) in [5.41, 5.74) is 1.12. The largest absolute Gasteiger partial charge is 0.349 e. The van der Waals surface area contributed by atoms with Crippen molar-refractivity contribution >= 4 is 17.2 Å². The van der Waals surface area contributed by atoms with Crippen molar-refractivity contribution < 1.29 is 4.79 Å². The quantitative estimate of drug-likeness (QED) is 0.904. The summed E-state index contributed by atoms with van der Waals surface area (Å²) in [6.07, 6.45) is 2.32. The Bertz CT molecular complexity index is 628. The Morgan fingerprint density at radius 1 is 1.52 bits per heavy atom. The van der Waals surface area contributed by atoms with Gasteiger partial charge in [-0.3, -0.25) is 9.89 Å². The molecule has 3 rings (SSSR count). The zero-order valence-corrected chi connectivity index (χ0v) is 13.2. The number of amides is 1. The number of aromatic nitrogens is 4. The summed E-state index contributed by atoms with van der Waals surface area (Å²) in [4.78, 5) is 20.8. The van der Waals surface area contributed by atoms with Crippen LogP contribution in [0.1, 0.15) is 49.6 Å². The van der Waals surface area contributed by atoms with Crippen LogP contribution in [-0.2, 0) is 16.8 Å². The summed E-state index contributed by atoms with van der Waals surface area (Å²) >= 11 is 1.59. The second-order valence-electron chi connectivity index (χ2n) is 6.41. The highest BCUT2D eigenvalue weighted by Crippen LogP contribution is 2.45. The van der Waals surface area contributed by atoms with Gasteiger partial charge in [0.15, 0.2) is 0 Å². The fourth-order valence-corrected chi connectivity index (χ4v) is 3.17. The van der Waals surface area contributed by atoms with Crippen LogP contribution >= 0.6 is 11.3 Å². The van der Waals surface area contributed by atoms with Gasteiger partial charge in [-0.15, -0.1) is 11.3 Å². The van der Waals surface area contributed by atoms with E-state index in [2.05, 4.69) is 51.6 Å². The van der Waals surface area contributed by atoms with Crippen molar-refractivity contribution in [1.82, 2.24) is 25.5 Å². The molecule has 2 N–H and O–H groups in total. The molecule has 21 heavy (non-hydrogen) atoms. The monoisotopic (exact) mass is 305 g/mol. The van der Waals surface area contributed by atoms with Gasteiger partial charge in [0.1, 0.15) is 17.2 Å². The van der Waals surface area contributed by atoms with E-state index in [1.807, 2.05) is 0 Å².